The minimum absolute atomic E-state index is 0.461. The zero-order valence-electron chi connectivity index (χ0n) is 5.68. The largest absolute Gasteiger partial charge is 0.478 e. The molecule has 1 aromatic heterocycles. The van der Waals surface area contributed by atoms with Crippen molar-refractivity contribution >= 4 is 16.0 Å². The number of H-pyrrole nitrogens is 1. The van der Waals surface area contributed by atoms with Crippen LogP contribution in [-0.4, -0.2) is 29.7 Å². The van der Waals surface area contributed by atoms with Gasteiger partial charge in [-0.2, -0.15) is 5.10 Å². The number of primary sulfonamides is 1. The van der Waals surface area contributed by atoms with E-state index in [2.05, 4.69) is 10.2 Å². The van der Waals surface area contributed by atoms with E-state index in [0.29, 0.717) is 0 Å². The van der Waals surface area contributed by atoms with Crippen LogP contribution >= 0.6 is 0 Å². The summed E-state index contributed by atoms with van der Waals surface area (Å²) in [5.41, 5.74) is -0.461. The maximum atomic E-state index is 10.7. The van der Waals surface area contributed by atoms with Crippen molar-refractivity contribution in [3.63, 3.8) is 0 Å². The molecular weight excluding hydrogens is 186 g/mol. The predicted molar refractivity (Wildman–Crippen MR) is 36.9 cm³/mol. The fourth-order valence-electron chi connectivity index (χ4n) is 0.644. The molecule has 0 atom stereocenters. The van der Waals surface area contributed by atoms with Crippen molar-refractivity contribution in [1.82, 2.24) is 10.2 Å². The first-order valence-electron chi connectivity index (χ1n) is 2.72. The van der Waals surface area contributed by atoms with E-state index in [1.807, 2.05) is 5.10 Å². The Morgan fingerprint density at radius 1 is 1.67 bits per heavy atom. The highest BCUT2D eigenvalue weighted by Gasteiger charge is 2.20. The summed E-state index contributed by atoms with van der Waals surface area (Å²) in [6.45, 7) is 0. The third-order valence-electron chi connectivity index (χ3n) is 1.12. The van der Waals surface area contributed by atoms with Crippen LogP contribution in [0.3, 0.4) is 0 Å². The minimum Gasteiger partial charge on any atom is -0.478 e. The molecule has 1 rings (SSSR count). The average Bonchev–Trinajstić information content (AvgIpc) is 2.30. The number of nitrogens with two attached hydrogens (primary N) is 1. The van der Waals surface area contributed by atoms with Gasteiger partial charge in [0.2, 0.25) is 0 Å². The molecule has 0 saturated carbocycles. The first-order valence-corrected chi connectivity index (χ1v) is 4.27. The molecule has 66 valence electrons. The number of hydrogen-bond donors (Lipinski definition) is 3. The molecule has 0 saturated heterocycles. The summed E-state index contributed by atoms with van der Waals surface area (Å²) in [4.78, 5) is 10.3. The fraction of sp³-hybridized carbons (Fsp3) is 0. The quantitative estimate of drug-likeness (QED) is 0.538. The molecule has 4 N–H and O–H groups in total. The maximum Gasteiger partial charge on any atom is 0.340 e. The van der Waals surface area contributed by atoms with Crippen LogP contribution in [0.15, 0.2) is 11.2 Å². The second-order valence-electron chi connectivity index (χ2n) is 1.96. The summed E-state index contributed by atoms with van der Waals surface area (Å²) in [7, 11) is -4.03. The predicted octanol–water partition coefficient (Wildman–Crippen LogP) is -1.24. The number of aromatic carboxylic acids is 1. The van der Waals surface area contributed by atoms with Crippen molar-refractivity contribution in [3.05, 3.63) is 11.8 Å². The highest BCUT2D eigenvalue weighted by atomic mass is 32.2. The van der Waals surface area contributed by atoms with Crippen LogP contribution in [0.1, 0.15) is 10.4 Å². The molecule has 0 aliphatic heterocycles. The van der Waals surface area contributed by atoms with Crippen molar-refractivity contribution in [2.45, 2.75) is 5.03 Å². The minimum atomic E-state index is -4.03. The Balaban J connectivity index is 3.36. The lowest BCUT2D eigenvalue weighted by Gasteiger charge is -1.93. The van der Waals surface area contributed by atoms with Crippen LogP contribution in [0.5, 0.6) is 0 Å². The Bertz CT molecular complexity index is 406. The van der Waals surface area contributed by atoms with Crippen LogP contribution < -0.4 is 5.14 Å². The first-order chi connectivity index (χ1) is 5.43. The normalized spacial score (nSPS) is 11.4. The molecule has 0 bridgehead atoms. The third kappa shape index (κ3) is 1.43. The Labute approximate surface area is 67.3 Å². The summed E-state index contributed by atoms with van der Waals surface area (Å²) >= 11 is 0. The van der Waals surface area contributed by atoms with E-state index in [4.69, 9.17) is 5.11 Å². The molecule has 0 aliphatic carbocycles. The molecule has 7 nitrogen and oxygen atoms in total. The van der Waals surface area contributed by atoms with Gasteiger partial charge in [-0.05, 0) is 0 Å². The molecule has 12 heavy (non-hydrogen) atoms. The second kappa shape index (κ2) is 2.57. The van der Waals surface area contributed by atoms with Gasteiger partial charge in [-0.1, -0.05) is 0 Å². The lowest BCUT2D eigenvalue weighted by molar-refractivity contribution is 0.0692. The molecular formula is C4H5N3O4S. The van der Waals surface area contributed by atoms with Crippen LogP contribution in [-0.2, 0) is 10.0 Å². The molecule has 0 aromatic carbocycles. The van der Waals surface area contributed by atoms with Gasteiger partial charge in [-0.3, -0.25) is 5.10 Å². The molecule has 0 radical (unpaired) electrons. The third-order valence-corrected chi connectivity index (χ3v) is 2.00. The number of carboxylic acids is 1. The summed E-state index contributed by atoms with van der Waals surface area (Å²) < 4.78 is 21.3. The molecule has 0 fully saturated rings. The van der Waals surface area contributed by atoms with Crippen LogP contribution in [0.2, 0.25) is 0 Å². The summed E-state index contributed by atoms with van der Waals surface area (Å²) in [5.74, 6) is -1.40. The molecule has 1 heterocycles. The van der Waals surface area contributed by atoms with E-state index in [-0.39, 0.29) is 0 Å². The van der Waals surface area contributed by atoms with E-state index in [1.54, 1.807) is 0 Å². The number of carbonyl (C=O) groups is 1. The van der Waals surface area contributed by atoms with Crippen molar-refractivity contribution in [2.24, 2.45) is 5.14 Å². The Morgan fingerprint density at radius 3 is 2.58 bits per heavy atom. The van der Waals surface area contributed by atoms with Crippen LogP contribution in [0, 0.1) is 0 Å². The Kier molecular flexibility index (Phi) is 1.86. The molecule has 1 aromatic rings. The lowest BCUT2D eigenvalue weighted by Crippen LogP contribution is -2.16. The maximum absolute atomic E-state index is 10.7. The summed E-state index contributed by atoms with van der Waals surface area (Å²) in [6, 6.07) is 0. The number of carboxylic acid groups (broad SMARTS) is 1. The van der Waals surface area contributed by atoms with Gasteiger partial charge in [0.05, 0.1) is 6.20 Å². The van der Waals surface area contributed by atoms with E-state index < -0.39 is 26.6 Å². The van der Waals surface area contributed by atoms with Crippen LogP contribution in [0.4, 0.5) is 0 Å². The number of aromatic nitrogens is 2. The molecule has 0 amide bonds. The first kappa shape index (κ1) is 8.68. The van der Waals surface area contributed by atoms with Gasteiger partial charge in [0.25, 0.3) is 10.0 Å². The standard InChI is InChI=1S/C4H5N3O4S/c5-12(10,11)3-2(4(8)9)1-6-7-3/h1H,(H,6,7)(H,8,9)(H2,5,10,11). The molecule has 8 heteroatoms. The van der Waals surface area contributed by atoms with Gasteiger partial charge in [0.1, 0.15) is 5.56 Å². The van der Waals surface area contributed by atoms with Gasteiger partial charge in [0, 0.05) is 0 Å². The Hall–Kier alpha value is -1.41. The monoisotopic (exact) mass is 191 g/mol. The van der Waals surface area contributed by atoms with Gasteiger partial charge in [-0.25, -0.2) is 18.4 Å². The van der Waals surface area contributed by atoms with Crippen molar-refractivity contribution < 1.29 is 18.3 Å². The summed E-state index contributed by atoms with van der Waals surface area (Å²) in [5, 5.41) is 17.8. The van der Waals surface area contributed by atoms with E-state index in [9.17, 15) is 13.2 Å². The molecule has 0 aliphatic rings. The number of rotatable bonds is 2. The van der Waals surface area contributed by atoms with E-state index in [0.717, 1.165) is 6.20 Å². The number of nitrogens with one attached hydrogen (secondary N) is 1. The second-order valence-corrected chi connectivity index (χ2v) is 3.46. The Morgan fingerprint density at radius 2 is 2.25 bits per heavy atom. The van der Waals surface area contributed by atoms with Crippen molar-refractivity contribution in [3.8, 4) is 0 Å². The van der Waals surface area contributed by atoms with E-state index in [1.165, 1.54) is 0 Å². The average molecular weight is 191 g/mol. The van der Waals surface area contributed by atoms with Crippen molar-refractivity contribution in [1.29, 1.82) is 0 Å². The number of nitrogens with zero attached hydrogens (tertiary/aromatic N) is 1. The van der Waals surface area contributed by atoms with Gasteiger partial charge < -0.3 is 5.11 Å². The SMILES string of the molecule is NS(=O)(=O)c1[nH]ncc1C(=O)O. The van der Waals surface area contributed by atoms with Crippen molar-refractivity contribution in [2.75, 3.05) is 0 Å². The topological polar surface area (TPSA) is 126 Å². The highest BCUT2D eigenvalue weighted by molar-refractivity contribution is 7.89. The molecule has 0 unspecified atom stereocenters. The number of sulfonamides is 1. The van der Waals surface area contributed by atoms with E-state index >= 15 is 0 Å². The van der Waals surface area contributed by atoms with Gasteiger partial charge in [-0.15, -0.1) is 0 Å². The zero-order chi connectivity index (χ0) is 9.35. The lowest BCUT2D eigenvalue weighted by atomic mass is 10.4. The summed E-state index contributed by atoms with van der Waals surface area (Å²) in [6.07, 6.45) is 0.877. The fourth-order valence-corrected chi connectivity index (χ4v) is 1.27. The highest BCUT2D eigenvalue weighted by Crippen LogP contribution is 2.08. The number of hydrogen-bond acceptors (Lipinski definition) is 4. The smallest absolute Gasteiger partial charge is 0.340 e. The van der Waals surface area contributed by atoms with Gasteiger partial charge >= 0.3 is 5.97 Å². The van der Waals surface area contributed by atoms with Gasteiger partial charge in [0.15, 0.2) is 5.03 Å². The molecule has 0 spiro atoms. The number of aromatic amines is 1. The zero-order valence-corrected chi connectivity index (χ0v) is 6.50. The van der Waals surface area contributed by atoms with Crippen LogP contribution in [0.25, 0.3) is 0 Å².